The van der Waals surface area contributed by atoms with Crippen molar-refractivity contribution in [1.29, 1.82) is 0 Å². The molecule has 13 heteroatoms. The zero-order valence-corrected chi connectivity index (χ0v) is 23.3. The van der Waals surface area contributed by atoms with E-state index in [0.29, 0.717) is 0 Å². The lowest BCUT2D eigenvalue weighted by Crippen LogP contribution is -2.44. The number of hydrogen-bond donors (Lipinski definition) is 0. The summed E-state index contributed by atoms with van der Waals surface area (Å²) in [5.74, 6) is -2.72. The number of hydrogen-bond acceptors (Lipinski definition) is 6. The molecular formula is C28H24ClF4NO6S. The number of allylic oxidation sites excluding steroid dienone is 1. The van der Waals surface area contributed by atoms with Crippen LogP contribution in [-0.4, -0.2) is 40.8 Å². The van der Waals surface area contributed by atoms with Gasteiger partial charge in [-0.05, 0) is 61.4 Å². The van der Waals surface area contributed by atoms with Crippen molar-refractivity contribution in [2.75, 3.05) is 18.0 Å². The summed E-state index contributed by atoms with van der Waals surface area (Å²) < 4.78 is 99.4. The smallest absolute Gasteiger partial charge is 0.387 e. The van der Waals surface area contributed by atoms with Crippen molar-refractivity contribution in [3.05, 3.63) is 82.4 Å². The van der Waals surface area contributed by atoms with Crippen LogP contribution in [0.4, 0.5) is 23.2 Å². The first-order valence-electron chi connectivity index (χ1n) is 12.2. The van der Waals surface area contributed by atoms with Gasteiger partial charge in [0.2, 0.25) is 0 Å². The van der Waals surface area contributed by atoms with Crippen LogP contribution in [0.1, 0.15) is 30.9 Å². The highest BCUT2D eigenvalue weighted by Gasteiger charge is 2.38. The van der Waals surface area contributed by atoms with Crippen molar-refractivity contribution in [3.63, 3.8) is 0 Å². The molecule has 1 heterocycles. The van der Waals surface area contributed by atoms with Crippen molar-refractivity contribution in [2.24, 2.45) is 0 Å². The van der Waals surface area contributed by atoms with Crippen LogP contribution >= 0.6 is 11.6 Å². The molecular weight excluding hydrogens is 590 g/mol. The van der Waals surface area contributed by atoms with E-state index in [2.05, 4.69) is 9.47 Å². The number of sulfonamides is 1. The van der Waals surface area contributed by atoms with E-state index in [4.69, 9.17) is 16.3 Å². The van der Waals surface area contributed by atoms with E-state index in [1.165, 1.54) is 56.5 Å². The Balaban J connectivity index is 1.82. The van der Waals surface area contributed by atoms with Crippen LogP contribution in [0.2, 0.25) is 5.02 Å². The van der Waals surface area contributed by atoms with E-state index < -0.39 is 63.2 Å². The number of fused-ring (bicyclic) bond motifs is 1. The fraction of sp³-hybridized carbons (Fsp3) is 0.250. The molecule has 0 fully saturated rings. The van der Waals surface area contributed by atoms with Gasteiger partial charge in [0.25, 0.3) is 10.0 Å². The Morgan fingerprint density at radius 3 is 2.59 bits per heavy atom. The molecule has 1 aliphatic heterocycles. The average molecular weight is 614 g/mol. The van der Waals surface area contributed by atoms with Gasteiger partial charge in [-0.1, -0.05) is 23.7 Å². The van der Waals surface area contributed by atoms with Crippen molar-refractivity contribution < 1.29 is 45.0 Å². The third-order valence-electron chi connectivity index (χ3n) is 6.27. The number of carbonyl (C=O) groups excluding carboxylic acids is 1. The summed E-state index contributed by atoms with van der Waals surface area (Å²) in [7, 11) is -3.37. The van der Waals surface area contributed by atoms with Crippen molar-refractivity contribution >= 4 is 44.9 Å². The molecule has 0 amide bonds. The van der Waals surface area contributed by atoms with Gasteiger partial charge in [-0.15, -0.1) is 0 Å². The SMILES string of the molecule is COC(=O)CC[C@H]1CN(S(=O)(=O)c2cccc(OC(F)F)c2)c2c(ccc(/C=C(\C)c3c(F)cccc3Cl)c2F)O1. The Morgan fingerprint density at radius 1 is 1.17 bits per heavy atom. The molecule has 1 atom stereocenters. The fourth-order valence-electron chi connectivity index (χ4n) is 4.36. The number of rotatable bonds is 9. The second-order valence-corrected chi connectivity index (χ2v) is 11.3. The number of benzene rings is 3. The monoisotopic (exact) mass is 613 g/mol. The molecule has 0 saturated carbocycles. The zero-order chi connectivity index (χ0) is 29.9. The van der Waals surface area contributed by atoms with Gasteiger partial charge >= 0.3 is 12.6 Å². The first-order chi connectivity index (χ1) is 19.4. The lowest BCUT2D eigenvalue weighted by atomic mass is 10.0. The van der Waals surface area contributed by atoms with Crippen LogP contribution in [0.25, 0.3) is 11.6 Å². The second kappa shape index (κ2) is 12.4. The van der Waals surface area contributed by atoms with Crippen LogP contribution < -0.4 is 13.8 Å². The number of halogens is 5. The maximum absolute atomic E-state index is 16.1. The molecule has 41 heavy (non-hydrogen) atoms. The Bertz CT molecular complexity index is 1580. The Morgan fingerprint density at radius 2 is 1.90 bits per heavy atom. The molecule has 4 rings (SSSR count). The highest BCUT2D eigenvalue weighted by atomic mass is 35.5. The summed E-state index contributed by atoms with van der Waals surface area (Å²) in [6.45, 7) is -2.09. The van der Waals surface area contributed by atoms with E-state index >= 15 is 4.39 Å². The molecule has 0 spiro atoms. The zero-order valence-electron chi connectivity index (χ0n) is 21.7. The Labute approximate surface area is 238 Å². The summed E-state index contributed by atoms with van der Waals surface area (Å²) in [5.41, 5.74) is -0.218. The number of carbonyl (C=O) groups is 1. The third kappa shape index (κ3) is 6.59. The molecule has 0 aliphatic carbocycles. The predicted molar refractivity (Wildman–Crippen MR) is 145 cm³/mol. The minimum atomic E-state index is -4.57. The number of nitrogens with zero attached hydrogens (tertiary/aromatic N) is 1. The Hall–Kier alpha value is -3.77. The first kappa shape index (κ1) is 30.2. The minimum absolute atomic E-state index is 0.0425. The van der Waals surface area contributed by atoms with Crippen molar-refractivity contribution in [1.82, 2.24) is 0 Å². The molecule has 0 bridgehead atoms. The maximum Gasteiger partial charge on any atom is 0.387 e. The standard InChI is InChI=1S/C28H24ClF4NO6S/c1-16(25-21(29)7-4-8-22(25)30)13-17-9-11-23-27(26(17)31)34(15-19(39-23)10-12-24(35)38-2)41(36,37)20-6-3-5-18(14-20)40-28(32)33/h3-9,11,13-14,19,28H,10,12,15H2,1-2H3/b16-13+/t19-/m0/s1. The minimum Gasteiger partial charge on any atom is -0.486 e. The highest BCUT2D eigenvalue weighted by Crippen LogP contribution is 2.42. The number of methoxy groups -OCH3 is 1. The fourth-order valence-corrected chi connectivity index (χ4v) is 6.22. The summed E-state index contributed by atoms with van der Waals surface area (Å²) in [4.78, 5) is 11.3. The summed E-state index contributed by atoms with van der Waals surface area (Å²) in [5, 5.41) is 0.101. The molecule has 3 aromatic carbocycles. The van der Waals surface area contributed by atoms with Crippen molar-refractivity contribution in [3.8, 4) is 11.5 Å². The molecule has 0 radical (unpaired) electrons. The summed E-state index contributed by atoms with van der Waals surface area (Å²) >= 11 is 6.15. The number of esters is 1. The van der Waals surface area contributed by atoms with Gasteiger partial charge in [0, 0.05) is 23.6 Å². The normalized spacial score (nSPS) is 15.4. The molecule has 218 valence electrons. The molecule has 7 nitrogen and oxygen atoms in total. The highest BCUT2D eigenvalue weighted by molar-refractivity contribution is 7.92. The molecule has 1 aliphatic rings. The number of ether oxygens (including phenoxy) is 3. The van der Waals surface area contributed by atoms with Crippen molar-refractivity contribution in [2.45, 2.75) is 37.4 Å². The number of anilines is 1. The quantitative estimate of drug-likeness (QED) is 0.152. The van der Waals surface area contributed by atoms with E-state index in [0.717, 1.165) is 22.5 Å². The topological polar surface area (TPSA) is 82.1 Å². The molecule has 3 aromatic rings. The first-order valence-corrected chi connectivity index (χ1v) is 14.0. The lowest BCUT2D eigenvalue weighted by Gasteiger charge is -2.36. The van der Waals surface area contributed by atoms with Gasteiger partial charge in [0.15, 0.2) is 5.82 Å². The van der Waals surface area contributed by atoms with Gasteiger partial charge in [-0.2, -0.15) is 8.78 Å². The summed E-state index contributed by atoms with van der Waals surface area (Å²) in [6.07, 6.45) is 0.372. The average Bonchev–Trinajstić information content (AvgIpc) is 2.92. The van der Waals surface area contributed by atoms with Crippen LogP contribution in [0.3, 0.4) is 0 Å². The van der Waals surface area contributed by atoms with Gasteiger partial charge in [-0.25, -0.2) is 17.2 Å². The van der Waals surface area contributed by atoms with E-state index in [-0.39, 0.29) is 40.3 Å². The van der Waals surface area contributed by atoms with E-state index in [1.807, 2.05) is 0 Å². The molecule has 0 saturated heterocycles. The van der Waals surface area contributed by atoms with Crippen LogP contribution in [0.15, 0.2) is 59.5 Å². The largest absolute Gasteiger partial charge is 0.486 e. The predicted octanol–water partition coefficient (Wildman–Crippen LogP) is 6.69. The van der Waals surface area contributed by atoms with Gasteiger partial charge in [0.05, 0.1) is 23.6 Å². The van der Waals surface area contributed by atoms with Crippen LogP contribution in [0, 0.1) is 11.6 Å². The molecule has 0 N–H and O–H groups in total. The third-order valence-corrected chi connectivity index (χ3v) is 8.34. The summed E-state index contributed by atoms with van der Waals surface area (Å²) in [6, 6.07) is 11.2. The van der Waals surface area contributed by atoms with E-state index in [9.17, 15) is 26.4 Å². The van der Waals surface area contributed by atoms with Gasteiger partial charge < -0.3 is 14.2 Å². The second-order valence-electron chi connectivity index (χ2n) is 8.98. The lowest BCUT2D eigenvalue weighted by molar-refractivity contribution is -0.141. The van der Waals surface area contributed by atoms with Gasteiger partial charge in [-0.3, -0.25) is 9.10 Å². The van der Waals surface area contributed by atoms with Crippen LogP contribution in [-0.2, 0) is 19.6 Å². The van der Waals surface area contributed by atoms with Gasteiger partial charge in [0.1, 0.15) is 29.1 Å². The van der Waals surface area contributed by atoms with Crippen LogP contribution in [0.5, 0.6) is 11.5 Å². The number of alkyl halides is 2. The maximum atomic E-state index is 16.1. The van der Waals surface area contributed by atoms with E-state index in [1.54, 1.807) is 0 Å². The molecule has 0 aromatic heterocycles. The molecule has 0 unspecified atom stereocenters. The Kier molecular flexibility index (Phi) is 9.13.